The molecule has 29 heavy (non-hydrogen) atoms. The van der Waals surface area contributed by atoms with Crippen molar-refractivity contribution in [3.63, 3.8) is 0 Å². The first-order valence-electron chi connectivity index (χ1n) is 11.8. The van der Waals surface area contributed by atoms with Crippen molar-refractivity contribution >= 4 is 14.3 Å². The van der Waals surface area contributed by atoms with E-state index >= 15 is 0 Å². The van der Waals surface area contributed by atoms with Crippen molar-refractivity contribution in [2.24, 2.45) is 0 Å². The summed E-state index contributed by atoms with van der Waals surface area (Å²) >= 11 is 0. The number of hydrogen-bond donors (Lipinski definition) is 1. The highest BCUT2D eigenvalue weighted by Gasteiger charge is 2.50. The molecule has 0 aromatic heterocycles. The van der Waals surface area contributed by atoms with Crippen LogP contribution in [-0.2, 0) is 18.7 Å². The van der Waals surface area contributed by atoms with Gasteiger partial charge in [0.05, 0.1) is 13.2 Å². The Morgan fingerprint density at radius 1 is 0.966 bits per heavy atom. The average Bonchev–Trinajstić information content (AvgIpc) is 2.96. The zero-order chi connectivity index (χ0) is 21.7. The number of hydrogen-bond acceptors (Lipinski definition) is 5. The highest BCUT2D eigenvalue weighted by atomic mass is 28.4. The minimum atomic E-state index is -1.88. The molecule has 1 heterocycles. The van der Waals surface area contributed by atoms with Gasteiger partial charge in [-0.3, -0.25) is 10.1 Å². The van der Waals surface area contributed by atoms with Gasteiger partial charge in [0, 0.05) is 25.5 Å². The van der Waals surface area contributed by atoms with Gasteiger partial charge in [-0.25, -0.2) is 0 Å². The van der Waals surface area contributed by atoms with Gasteiger partial charge < -0.3 is 13.9 Å². The molecule has 0 radical (unpaired) electrons. The van der Waals surface area contributed by atoms with Crippen LogP contribution >= 0.6 is 0 Å². The Morgan fingerprint density at radius 2 is 1.52 bits per heavy atom. The third-order valence-electron chi connectivity index (χ3n) is 7.30. The van der Waals surface area contributed by atoms with Gasteiger partial charge in [-0.05, 0) is 48.7 Å². The van der Waals surface area contributed by atoms with Crippen LogP contribution in [0, 0.1) is 0 Å². The number of carbonyl (C=O) groups excluding carboxylic acids is 1. The number of esters is 1. The lowest BCUT2D eigenvalue weighted by atomic mass is 9.88. The van der Waals surface area contributed by atoms with E-state index in [1.807, 2.05) is 0 Å². The van der Waals surface area contributed by atoms with Gasteiger partial charge in [0.15, 0.2) is 8.32 Å². The maximum absolute atomic E-state index is 11.3. The highest BCUT2D eigenvalue weighted by Crippen LogP contribution is 2.43. The SMILES string of the molecule is CC(=O)OCCC1(CCO[Si](C(C)C)(C(C)C)C(C)C)COC2(CCCCC2)N1. The average molecular weight is 428 g/mol. The highest BCUT2D eigenvalue weighted by molar-refractivity contribution is 6.77. The molecule has 1 spiro atoms. The van der Waals surface area contributed by atoms with Crippen LogP contribution in [0.2, 0.25) is 16.6 Å². The van der Waals surface area contributed by atoms with E-state index in [-0.39, 0.29) is 17.2 Å². The van der Waals surface area contributed by atoms with Crippen LogP contribution in [0.25, 0.3) is 0 Å². The van der Waals surface area contributed by atoms with E-state index in [4.69, 9.17) is 13.9 Å². The second-order valence-corrected chi connectivity index (χ2v) is 15.7. The summed E-state index contributed by atoms with van der Waals surface area (Å²) < 4.78 is 18.5. The summed E-state index contributed by atoms with van der Waals surface area (Å²) in [6.07, 6.45) is 7.55. The quantitative estimate of drug-likeness (QED) is 0.366. The molecule has 170 valence electrons. The van der Waals surface area contributed by atoms with Gasteiger partial charge in [-0.1, -0.05) is 48.0 Å². The molecule has 0 bridgehead atoms. The van der Waals surface area contributed by atoms with Crippen LogP contribution in [0.1, 0.15) is 93.4 Å². The Morgan fingerprint density at radius 3 is 2.03 bits per heavy atom. The molecule has 2 fully saturated rings. The van der Waals surface area contributed by atoms with E-state index in [1.165, 1.54) is 26.2 Å². The van der Waals surface area contributed by atoms with Crippen molar-refractivity contribution in [2.45, 2.75) is 121 Å². The van der Waals surface area contributed by atoms with Gasteiger partial charge in [-0.2, -0.15) is 0 Å². The summed E-state index contributed by atoms with van der Waals surface area (Å²) in [5.41, 5.74) is 1.39. The van der Waals surface area contributed by atoms with Crippen molar-refractivity contribution in [1.82, 2.24) is 5.32 Å². The summed E-state index contributed by atoms with van der Waals surface area (Å²) in [7, 11) is -1.88. The van der Waals surface area contributed by atoms with Crippen molar-refractivity contribution < 1.29 is 18.7 Å². The van der Waals surface area contributed by atoms with Gasteiger partial charge in [0.2, 0.25) is 0 Å². The molecule has 1 saturated carbocycles. The maximum atomic E-state index is 11.3. The van der Waals surface area contributed by atoms with Gasteiger partial charge in [-0.15, -0.1) is 0 Å². The second kappa shape index (κ2) is 10.3. The molecule has 1 unspecified atom stereocenters. The van der Waals surface area contributed by atoms with Crippen molar-refractivity contribution in [3.05, 3.63) is 0 Å². The van der Waals surface area contributed by atoms with Crippen molar-refractivity contribution in [3.8, 4) is 0 Å². The number of rotatable bonds is 10. The monoisotopic (exact) mass is 427 g/mol. The topological polar surface area (TPSA) is 56.8 Å². The summed E-state index contributed by atoms with van der Waals surface area (Å²) in [4.78, 5) is 11.3. The van der Waals surface area contributed by atoms with Crippen LogP contribution in [0.5, 0.6) is 0 Å². The summed E-state index contributed by atoms with van der Waals surface area (Å²) in [6, 6.07) is 0. The normalized spacial score (nSPS) is 24.8. The Balaban J connectivity index is 2.08. The van der Waals surface area contributed by atoms with E-state index < -0.39 is 8.32 Å². The Hall–Kier alpha value is -0.433. The fourth-order valence-electron chi connectivity index (χ4n) is 5.93. The molecule has 0 amide bonds. The van der Waals surface area contributed by atoms with Crippen molar-refractivity contribution in [2.75, 3.05) is 19.8 Å². The summed E-state index contributed by atoms with van der Waals surface area (Å²) in [6.45, 7) is 17.3. The molecule has 1 aliphatic heterocycles. The molecule has 1 aliphatic carbocycles. The zero-order valence-corrected chi connectivity index (χ0v) is 20.9. The van der Waals surface area contributed by atoms with Crippen LogP contribution in [0.4, 0.5) is 0 Å². The largest absolute Gasteiger partial charge is 0.466 e. The maximum Gasteiger partial charge on any atom is 0.302 e. The lowest BCUT2D eigenvalue weighted by Crippen LogP contribution is -2.54. The lowest BCUT2D eigenvalue weighted by molar-refractivity contribution is -0.141. The van der Waals surface area contributed by atoms with Crippen LogP contribution in [-0.4, -0.2) is 45.4 Å². The molecule has 2 rings (SSSR count). The van der Waals surface area contributed by atoms with E-state index in [0.717, 1.165) is 32.3 Å². The fourth-order valence-corrected chi connectivity index (χ4v) is 11.4. The number of ether oxygens (including phenoxy) is 2. The van der Waals surface area contributed by atoms with Gasteiger partial charge >= 0.3 is 5.97 Å². The molecule has 0 aromatic carbocycles. The second-order valence-electron chi connectivity index (χ2n) is 10.3. The Labute approximate surface area is 179 Å². The smallest absolute Gasteiger partial charge is 0.302 e. The van der Waals surface area contributed by atoms with E-state index in [2.05, 4.69) is 46.9 Å². The molecular formula is C23H45NO4Si. The molecule has 1 N–H and O–H groups in total. The Bertz CT molecular complexity index is 509. The fraction of sp³-hybridized carbons (Fsp3) is 0.957. The number of carbonyl (C=O) groups is 1. The third kappa shape index (κ3) is 5.84. The molecule has 0 aromatic rings. The molecule has 6 heteroatoms. The van der Waals surface area contributed by atoms with Gasteiger partial charge in [0.25, 0.3) is 0 Å². The third-order valence-corrected chi connectivity index (χ3v) is 13.4. The van der Waals surface area contributed by atoms with E-state index in [0.29, 0.717) is 29.8 Å². The predicted octanol–water partition coefficient (Wildman–Crippen LogP) is 5.54. The standard InChI is InChI=1S/C23H45NO4Si/c1-18(2)29(19(3)4,20(5)6)28-16-14-22(13-15-26-21(7)25)17-27-23(24-22)11-9-8-10-12-23/h18-20,24H,8-17H2,1-7H3. The van der Waals surface area contributed by atoms with Gasteiger partial charge in [0.1, 0.15) is 5.72 Å². The molecule has 1 atom stereocenters. The molecule has 1 saturated heterocycles. The zero-order valence-electron chi connectivity index (χ0n) is 19.9. The summed E-state index contributed by atoms with van der Waals surface area (Å²) in [5, 5.41) is 3.89. The summed E-state index contributed by atoms with van der Waals surface area (Å²) in [5.74, 6) is -0.214. The van der Waals surface area contributed by atoms with Crippen molar-refractivity contribution in [1.29, 1.82) is 0 Å². The van der Waals surface area contributed by atoms with Crippen LogP contribution in [0.3, 0.4) is 0 Å². The first-order chi connectivity index (χ1) is 13.6. The lowest BCUT2D eigenvalue weighted by Gasteiger charge is -2.43. The van der Waals surface area contributed by atoms with E-state index in [1.54, 1.807) is 0 Å². The molecule has 2 aliphatic rings. The molecular weight excluding hydrogens is 382 g/mol. The molecule has 5 nitrogen and oxygen atoms in total. The number of nitrogens with one attached hydrogen (secondary N) is 1. The minimum absolute atomic E-state index is 0.169. The predicted molar refractivity (Wildman–Crippen MR) is 121 cm³/mol. The Kier molecular flexibility index (Phi) is 8.78. The van der Waals surface area contributed by atoms with E-state index in [9.17, 15) is 4.79 Å². The minimum Gasteiger partial charge on any atom is -0.466 e. The first-order valence-corrected chi connectivity index (χ1v) is 13.9. The van der Waals surface area contributed by atoms with Crippen LogP contribution in [0.15, 0.2) is 0 Å². The van der Waals surface area contributed by atoms with Crippen LogP contribution < -0.4 is 5.32 Å². The first kappa shape index (κ1) is 24.8.